The molecule has 1 nitrogen and oxygen atoms in total. The molecule has 1 aromatic rings. The summed E-state index contributed by atoms with van der Waals surface area (Å²) in [5, 5.41) is 0. The normalized spacial score (nSPS) is 25.3. The molecule has 0 bridgehead atoms. The van der Waals surface area contributed by atoms with E-state index in [2.05, 4.69) is 0 Å². The van der Waals surface area contributed by atoms with Crippen LogP contribution in [0.25, 0.3) is 0 Å². The zero-order valence-electron chi connectivity index (χ0n) is 8.09. The van der Waals surface area contributed by atoms with Crippen LogP contribution < -0.4 is 5.73 Å². The fourth-order valence-corrected chi connectivity index (χ4v) is 1.97. The molecule has 82 valence electrons. The van der Waals surface area contributed by atoms with Crippen molar-refractivity contribution in [3.63, 3.8) is 0 Å². The molecule has 0 amide bonds. The first-order chi connectivity index (χ1) is 7.04. The first-order valence-electron chi connectivity index (χ1n) is 4.90. The molecule has 0 spiro atoms. The summed E-state index contributed by atoms with van der Waals surface area (Å²) in [4.78, 5) is 0. The lowest BCUT2D eigenvalue weighted by Gasteiger charge is -2.12. The molecule has 2 N–H and O–H groups in total. The Labute approximate surface area is 86.1 Å². The van der Waals surface area contributed by atoms with Crippen molar-refractivity contribution in [3.05, 3.63) is 35.4 Å². The molecular weight excluding hydrogens is 203 g/mol. The first kappa shape index (κ1) is 10.5. The molecule has 0 aromatic heterocycles. The Kier molecular flexibility index (Phi) is 2.46. The highest BCUT2D eigenvalue weighted by Gasteiger charge is 2.43. The number of hydrogen-bond donors (Lipinski definition) is 1. The van der Waals surface area contributed by atoms with Crippen molar-refractivity contribution in [2.75, 3.05) is 6.54 Å². The van der Waals surface area contributed by atoms with Gasteiger partial charge in [0.05, 0.1) is 5.56 Å². The monoisotopic (exact) mass is 215 g/mol. The Balaban J connectivity index is 2.32. The van der Waals surface area contributed by atoms with E-state index in [9.17, 15) is 13.2 Å². The fourth-order valence-electron chi connectivity index (χ4n) is 1.97. The molecule has 0 heterocycles. The zero-order valence-corrected chi connectivity index (χ0v) is 8.09. The zero-order chi connectivity index (χ0) is 11.1. The van der Waals surface area contributed by atoms with Crippen LogP contribution in [0.3, 0.4) is 0 Å². The molecule has 15 heavy (non-hydrogen) atoms. The number of nitrogens with two attached hydrogens (primary N) is 1. The van der Waals surface area contributed by atoms with Gasteiger partial charge in [0, 0.05) is 0 Å². The molecule has 1 aliphatic rings. The first-order valence-corrected chi connectivity index (χ1v) is 4.90. The lowest BCUT2D eigenvalue weighted by Crippen LogP contribution is -2.09. The highest BCUT2D eigenvalue weighted by Crippen LogP contribution is 2.50. The predicted molar refractivity (Wildman–Crippen MR) is 51.3 cm³/mol. The van der Waals surface area contributed by atoms with Crippen molar-refractivity contribution in [1.82, 2.24) is 0 Å². The van der Waals surface area contributed by atoms with Crippen molar-refractivity contribution < 1.29 is 13.2 Å². The summed E-state index contributed by atoms with van der Waals surface area (Å²) >= 11 is 0. The van der Waals surface area contributed by atoms with Crippen LogP contribution in [0.5, 0.6) is 0 Å². The van der Waals surface area contributed by atoms with Crippen LogP contribution in [0.4, 0.5) is 13.2 Å². The summed E-state index contributed by atoms with van der Waals surface area (Å²) in [6, 6.07) is 5.77. The second-order valence-corrected chi connectivity index (χ2v) is 3.92. The van der Waals surface area contributed by atoms with Gasteiger partial charge in [-0.3, -0.25) is 0 Å². The summed E-state index contributed by atoms with van der Waals surface area (Å²) in [7, 11) is 0. The smallest absolute Gasteiger partial charge is 0.330 e. The molecule has 1 unspecified atom stereocenters. The fraction of sp³-hybridized carbons (Fsp3) is 0.455. The Morgan fingerprint density at radius 2 is 1.93 bits per heavy atom. The highest BCUT2D eigenvalue weighted by atomic mass is 19.4. The molecule has 2 atom stereocenters. The lowest BCUT2D eigenvalue weighted by atomic mass is 10.0. The lowest BCUT2D eigenvalue weighted by molar-refractivity contribution is -0.138. The highest BCUT2D eigenvalue weighted by molar-refractivity contribution is 5.36. The van der Waals surface area contributed by atoms with E-state index in [1.165, 1.54) is 6.07 Å². The molecule has 1 aromatic carbocycles. The second kappa shape index (κ2) is 3.52. The van der Waals surface area contributed by atoms with Gasteiger partial charge in [-0.15, -0.1) is 0 Å². The average Bonchev–Trinajstić information content (AvgIpc) is 2.95. The molecule has 2 rings (SSSR count). The molecule has 1 fully saturated rings. The van der Waals surface area contributed by atoms with Crippen LogP contribution in [0.15, 0.2) is 24.3 Å². The van der Waals surface area contributed by atoms with Crippen molar-refractivity contribution in [3.8, 4) is 0 Å². The van der Waals surface area contributed by atoms with Crippen LogP contribution in [0.2, 0.25) is 0 Å². The molecular formula is C11H12F3N. The van der Waals surface area contributed by atoms with E-state index in [1.54, 1.807) is 12.1 Å². The summed E-state index contributed by atoms with van der Waals surface area (Å²) in [6.45, 7) is 0.469. The summed E-state index contributed by atoms with van der Waals surface area (Å²) in [6.07, 6.45) is -3.47. The van der Waals surface area contributed by atoms with Gasteiger partial charge in [0.25, 0.3) is 0 Å². The van der Waals surface area contributed by atoms with Crippen molar-refractivity contribution in [2.45, 2.75) is 18.5 Å². The van der Waals surface area contributed by atoms with E-state index in [4.69, 9.17) is 5.73 Å². The average molecular weight is 215 g/mol. The van der Waals surface area contributed by atoms with E-state index in [1.807, 2.05) is 0 Å². The number of alkyl halides is 3. The molecule has 4 heteroatoms. The SMILES string of the molecule is NC[C@@H]1CC1c1ccccc1C(F)(F)F. The maximum atomic E-state index is 12.6. The van der Waals surface area contributed by atoms with Gasteiger partial charge in [-0.25, -0.2) is 0 Å². The van der Waals surface area contributed by atoms with Crippen LogP contribution >= 0.6 is 0 Å². The molecule has 1 aliphatic carbocycles. The molecule has 0 radical (unpaired) electrons. The van der Waals surface area contributed by atoms with Gasteiger partial charge in [-0.2, -0.15) is 13.2 Å². The Morgan fingerprint density at radius 3 is 2.47 bits per heavy atom. The van der Waals surface area contributed by atoms with E-state index < -0.39 is 11.7 Å². The van der Waals surface area contributed by atoms with Crippen LogP contribution in [0.1, 0.15) is 23.5 Å². The van der Waals surface area contributed by atoms with E-state index in [-0.39, 0.29) is 11.8 Å². The number of rotatable bonds is 2. The third-order valence-electron chi connectivity index (χ3n) is 2.89. The van der Waals surface area contributed by atoms with Gasteiger partial charge in [0.15, 0.2) is 0 Å². The van der Waals surface area contributed by atoms with Gasteiger partial charge in [0.1, 0.15) is 0 Å². The minimum Gasteiger partial charge on any atom is -0.330 e. The quantitative estimate of drug-likeness (QED) is 0.806. The van der Waals surface area contributed by atoms with Crippen molar-refractivity contribution >= 4 is 0 Å². The number of hydrogen-bond acceptors (Lipinski definition) is 1. The van der Waals surface area contributed by atoms with Crippen molar-refractivity contribution in [2.24, 2.45) is 11.7 Å². The van der Waals surface area contributed by atoms with E-state index >= 15 is 0 Å². The van der Waals surface area contributed by atoms with Gasteiger partial charge in [-0.1, -0.05) is 18.2 Å². The second-order valence-electron chi connectivity index (χ2n) is 3.92. The minimum absolute atomic E-state index is 0.00725. The van der Waals surface area contributed by atoms with Gasteiger partial charge < -0.3 is 5.73 Å². The summed E-state index contributed by atoms with van der Waals surface area (Å²) in [5.74, 6) is 0.237. The maximum absolute atomic E-state index is 12.6. The topological polar surface area (TPSA) is 26.0 Å². The third kappa shape index (κ3) is 2.00. The van der Waals surface area contributed by atoms with Gasteiger partial charge in [-0.05, 0) is 36.4 Å². The van der Waals surface area contributed by atoms with Gasteiger partial charge >= 0.3 is 6.18 Å². The van der Waals surface area contributed by atoms with Crippen LogP contribution in [0, 0.1) is 5.92 Å². The van der Waals surface area contributed by atoms with Crippen molar-refractivity contribution in [1.29, 1.82) is 0 Å². The van der Waals surface area contributed by atoms with E-state index in [0.29, 0.717) is 12.1 Å². The van der Waals surface area contributed by atoms with Crippen LogP contribution in [-0.4, -0.2) is 6.54 Å². The predicted octanol–water partition coefficient (Wildman–Crippen LogP) is 2.77. The Bertz CT molecular complexity index is 359. The van der Waals surface area contributed by atoms with Gasteiger partial charge in [0.2, 0.25) is 0 Å². The van der Waals surface area contributed by atoms with E-state index in [0.717, 1.165) is 12.5 Å². The largest absolute Gasteiger partial charge is 0.416 e. The minimum atomic E-state index is -4.25. The molecule has 0 saturated heterocycles. The molecule has 1 saturated carbocycles. The molecule has 0 aliphatic heterocycles. The Hall–Kier alpha value is -1.03. The summed E-state index contributed by atoms with van der Waals surface area (Å²) < 4.78 is 37.9. The number of benzene rings is 1. The Morgan fingerprint density at radius 1 is 1.27 bits per heavy atom. The maximum Gasteiger partial charge on any atom is 0.416 e. The third-order valence-corrected chi connectivity index (χ3v) is 2.89. The standard InChI is InChI=1S/C11H12F3N/c12-11(13,14)10-4-2-1-3-8(10)9-5-7(9)6-15/h1-4,7,9H,5-6,15H2/t7-,9?/m0/s1. The number of halogens is 3. The van der Waals surface area contributed by atoms with Crippen LogP contribution in [-0.2, 0) is 6.18 Å². The summed E-state index contributed by atoms with van der Waals surface area (Å²) in [5.41, 5.74) is 5.33.